The Kier molecular flexibility index (Phi) is 8.29. The van der Waals surface area contributed by atoms with Gasteiger partial charge in [0.2, 0.25) is 0 Å². The number of morpholine rings is 1. The molecule has 4 N–H and O–H groups in total. The van der Waals surface area contributed by atoms with Gasteiger partial charge in [0.1, 0.15) is 6.26 Å². The van der Waals surface area contributed by atoms with Gasteiger partial charge in [-0.2, -0.15) is 0 Å². The summed E-state index contributed by atoms with van der Waals surface area (Å²) in [7, 11) is 0. The van der Waals surface area contributed by atoms with Crippen molar-refractivity contribution in [3.05, 3.63) is 18.4 Å². The Morgan fingerprint density at radius 3 is 2.60 bits per heavy atom. The van der Waals surface area contributed by atoms with Crippen LogP contribution in [0.3, 0.4) is 0 Å². The van der Waals surface area contributed by atoms with Crippen LogP contribution in [-0.4, -0.2) is 93.7 Å². The van der Waals surface area contributed by atoms with Gasteiger partial charge in [0, 0.05) is 20.0 Å². The Morgan fingerprint density at radius 2 is 1.90 bits per heavy atom. The van der Waals surface area contributed by atoms with Gasteiger partial charge in [-0.05, 0) is 111 Å². The number of aliphatic hydroxyl groups excluding tert-OH is 1. The van der Waals surface area contributed by atoms with E-state index in [1.807, 2.05) is 0 Å². The van der Waals surface area contributed by atoms with Crippen LogP contribution in [0.1, 0.15) is 106 Å². The van der Waals surface area contributed by atoms with E-state index in [0.717, 1.165) is 57.3 Å². The molecule has 1 aromatic rings. The monoisotopic (exact) mass is 699 g/mol. The number of carbonyl (C=O) groups is 1. The van der Waals surface area contributed by atoms with Gasteiger partial charge >= 0.3 is 5.97 Å². The smallest absolute Gasteiger partial charge is 0.303 e. The molecular weight excluding hydrogens is 638 g/mol. The second kappa shape index (κ2) is 11.7. The predicted octanol–water partition coefficient (Wildman–Crippen LogP) is 4.43. The van der Waals surface area contributed by atoms with Crippen molar-refractivity contribution in [1.82, 2.24) is 9.88 Å². The van der Waals surface area contributed by atoms with Gasteiger partial charge in [0.15, 0.2) is 18.8 Å². The SMILES string of the molecule is CC(=O)OC(C1CC(C)C2C(O1)C(O)C1(N)C3CCC4C(C)(C)C(OC5CN(Cc6cocn6)CCO5)CCC45CC35CCC21C)C(C)(C)O. The van der Waals surface area contributed by atoms with Gasteiger partial charge in [-0.25, -0.2) is 4.98 Å². The average molecular weight is 700 g/mol. The fraction of sp³-hybridized carbons (Fsp3) is 0.897. The molecule has 5 aliphatic carbocycles. The van der Waals surface area contributed by atoms with Crippen LogP contribution in [0.25, 0.3) is 0 Å². The fourth-order valence-electron chi connectivity index (χ4n) is 13.9. The van der Waals surface area contributed by atoms with Crippen LogP contribution in [-0.2, 0) is 30.3 Å². The minimum atomic E-state index is -1.29. The van der Waals surface area contributed by atoms with E-state index in [1.165, 1.54) is 19.7 Å². The molecule has 11 heteroatoms. The third-order valence-corrected chi connectivity index (χ3v) is 15.9. The highest BCUT2D eigenvalue weighted by molar-refractivity contribution is 5.66. The second-order valence-electron chi connectivity index (χ2n) is 19.0. The van der Waals surface area contributed by atoms with E-state index in [9.17, 15) is 15.0 Å². The molecule has 50 heavy (non-hydrogen) atoms. The Hall–Kier alpha value is -1.60. The summed E-state index contributed by atoms with van der Waals surface area (Å²) in [4.78, 5) is 18.7. The lowest BCUT2D eigenvalue weighted by atomic mass is 9.43. The number of fused-ring (bicyclic) bond motifs is 4. The van der Waals surface area contributed by atoms with Gasteiger partial charge in [0.05, 0.1) is 54.4 Å². The van der Waals surface area contributed by atoms with Crippen molar-refractivity contribution in [3.63, 3.8) is 0 Å². The van der Waals surface area contributed by atoms with Crippen LogP contribution < -0.4 is 5.73 Å². The molecule has 280 valence electrons. The molecule has 1 aromatic heterocycles. The molecule has 5 saturated carbocycles. The minimum absolute atomic E-state index is 0.0249. The van der Waals surface area contributed by atoms with Gasteiger partial charge < -0.3 is 39.3 Å². The number of aliphatic hydroxyl groups is 2. The van der Waals surface area contributed by atoms with Crippen LogP contribution in [0.4, 0.5) is 0 Å². The van der Waals surface area contributed by atoms with E-state index in [2.05, 4.69) is 37.6 Å². The quantitative estimate of drug-likeness (QED) is 0.347. The largest absolute Gasteiger partial charge is 0.457 e. The summed E-state index contributed by atoms with van der Waals surface area (Å²) in [6, 6.07) is 0. The first-order chi connectivity index (χ1) is 23.5. The molecule has 2 aliphatic heterocycles. The average Bonchev–Trinajstić information content (AvgIpc) is 3.33. The van der Waals surface area contributed by atoms with Crippen molar-refractivity contribution in [3.8, 4) is 0 Å². The van der Waals surface area contributed by atoms with Crippen LogP contribution in [0.2, 0.25) is 0 Å². The van der Waals surface area contributed by atoms with Gasteiger partial charge in [-0.1, -0.05) is 27.7 Å². The number of hydrogen-bond donors (Lipinski definition) is 3. The molecule has 2 saturated heterocycles. The molecule has 11 nitrogen and oxygen atoms in total. The lowest BCUT2D eigenvalue weighted by molar-refractivity contribution is -0.247. The van der Waals surface area contributed by atoms with E-state index < -0.39 is 41.5 Å². The molecule has 0 bridgehead atoms. The normalized spacial score (nSPS) is 48.7. The highest BCUT2D eigenvalue weighted by Crippen LogP contribution is 2.87. The number of nitrogens with zero attached hydrogens (tertiary/aromatic N) is 2. The lowest BCUT2D eigenvalue weighted by Gasteiger charge is -2.63. The number of oxazole rings is 1. The van der Waals surface area contributed by atoms with E-state index in [0.29, 0.717) is 25.5 Å². The summed E-state index contributed by atoms with van der Waals surface area (Å²) in [5.74, 6) is 0.546. The zero-order valence-electron chi connectivity index (χ0n) is 31.2. The maximum Gasteiger partial charge on any atom is 0.303 e. The molecule has 7 aliphatic rings. The third-order valence-electron chi connectivity index (χ3n) is 15.9. The van der Waals surface area contributed by atoms with Gasteiger partial charge in [-0.3, -0.25) is 9.69 Å². The first kappa shape index (κ1) is 35.4. The van der Waals surface area contributed by atoms with E-state index in [1.54, 1.807) is 20.1 Å². The molecule has 7 fully saturated rings. The predicted molar refractivity (Wildman–Crippen MR) is 183 cm³/mol. The van der Waals surface area contributed by atoms with Crippen molar-refractivity contribution in [2.75, 3.05) is 19.7 Å². The number of aromatic nitrogens is 1. The fourth-order valence-corrected chi connectivity index (χ4v) is 13.9. The number of rotatable bonds is 7. The standard InChI is InChI=1S/C39H61N3O8/c1-22-16-25(33(35(5,6)45)48-23(2)43)49-31-30(22)36(7)12-13-38-20-37(38)11-10-28(34(3,4)26(37)8-9-27(38)39(36,40)32(31)44)50-29-18-42(14-15-47-29)17-24-19-46-21-41-24/h19,21-22,25-33,44-45H,8-18,20,40H2,1-7H3. The maximum absolute atomic E-state index is 12.5. The Balaban J connectivity index is 1.01. The summed E-state index contributed by atoms with van der Waals surface area (Å²) < 4.78 is 30.7. The Morgan fingerprint density at radius 1 is 1.16 bits per heavy atom. The molecule has 0 aromatic carbocycles. The van der Waals surface area contributed by atoms with E-state index in [-0.39, 0.29) is 51.8 Å². The van der Waals surface area contributed by atoms with Crippen LogP contribution in [0, 0.1) is 45.3 Å². The van der Waals surface area contributed by atoms with Gasteiger partial charge in [-0.15, -0.1) is 0 Å². The lowest BCUT2D eigenvalue weighted by Crippen LogP contribution is -2.70. The van der Waals surface area contributed by atoms with E-state index in [4.69, 9.17) is 29.1 Å². The molecule has 3 heterocycles. The molecule has 8 rings (SSSR count). The summed E-state index contributed by atoms with van der Waals surface area (Å²) in [6.45, 7) is 17.0. The zero-order valence-corrected chi connectivity index (χ0v) is 31.2. The molecule has 0 radical (unpaired) electrons. The number of esters is 1. The first-order valence-corrected chi connectivity index (χ1v) is 19.4. The maximum atomic E-state index is 12.5. The van der Waals surface area contributed by atoms with Crippen LogP contribution in [0.5, 0.6) is 0 Å². The first-order valence-electron chi connectivity index (χ1n) is 19.4. The Labute approximate surface area is 297 Å². The van der Waals surface area contributed by atoms with Crippen molar-refractivity contribution in [1.29, 1.82) is 0 Å². The number of ether oxygens (including phenoxy) is 4. The van der Waals surface area contributed by atoms with Crippen LogP contribution in [0.15, 0.2) is 17.1 Å². The molecule has 2 spiro atoms. The van der Waals surface area contributed by atoms with Crippen molar-refractivity contribution in [2.45, 2.75) is 154 Å². The minimum Gasteiger partial charge on any atom is -0.457 e. The summed E-state index contributed by atoms with van der Waals surface area (Å²) in [5, 5.41) is 23.5. The van der Waals surface area contributed by atoms with Gasteiger partial charge in [0.25, 0.3) is 0 Å². The molecule has 14 unspecified atom stereocenters. The summed E-state index contributed by atoms with van der Waals surface area (Å²) in [6.07, 6.45) is 8.50. The molecule has 0 amide bonds. The topological polar surface area (TPSA) is 150 Å². The van der Waals surface area contributed by atoms with Crippen molar-refractivity contribution < 1.29 is 38.4 Å². The second-order valence-corrected chi connectivity index (χ2v) is 19.0. The third kappa shape index (κ3) is 4.92. The van der Waals surface area contributed by atoms with Crippen molar-refractivity contribution >= 4 is 5.97 Å². The van der Waals surface area contributed by atoms with Crippen molar-refractivity contribution in [2.24, 2.45) is 51.1 Å². The molecular formula is C39H61N3O8. The van der Waals surface area contributed by atoms with Crippen LogP contribution >= 0.6 is 0 Å². The molecule has 14 atom stereocenters. The number of hydrogen-bond acceptors (Lipinski definition) is 11. The highest BCUT2D eigenvalue weighted by atomic mass is 16.7. The summed E-state index contributed by atoms with van der Waals surface area (Å²) in [5.41, 5.74) is 6.66. The number of nitrogens with two attached hydrogens (primary N) is 1. The Bertz CT molecular complexity index is 1450. The zero-order chi connectivity index (χ0) is 35.6. The highest BCUT2D eigenvalue weighted by Gasteiger charge is 2.85. The number of carbonyl (C=O) groups excluding carboxylic acids is 1. The van der Waals surface area contributed by atoms with E-state index >= 15 is 0 Å². The summed E-state index contributed by atoms with van der Waals surface area (Å²) >= 11 is 0.